The third-order valence-electron chi connectivity index (χ3n) is 5.53. The highest BCUT2D eigenvalue weighted by Crippen LogP contribution is 2.28. The van der Waals surface area contributed by atoms with Gasteiger partial charge < -0.3 is 4.90 Å². The molecular weight excluding hydrogens is 382 g/mol. The summed E-state index contributed by atoms with van der Waals surface area (Å²) in [6.07, 6.45) is 9.06. The van der Waals surface area contributed by atoms with Gasteiger partial charge in [0.25, 0.3) is 0 Å². The van der Waals surface area contributed by atoms with Crippen molar-refractivity contribution < 1.29 is 13.2 Å². The lowest BCUT2D eigenvalue weighted by atomic mass is 9.94. The fraction of sp³-hybridized carbons (Fsp3) is 0.684. The summed E-state index contributed by atoms with van der Waals surface area (Å²) in [5, 5.41) is 0.429. The van der Waals surface area contributed by atoms with Crippen molar-refractivity contribution in [2.24, 2.45) is 0 Å². The molecule has 1 aromatic rings. The molecule has 1 saturated heterocycles. The Hall–Kier alpha value is -1.12. The van der Waals surface area contributed by atoms with E-state index in [4.69, 9.17) is 0 Å². The van der Waals surface area contributed by atoms with Crippen LogP contribution in [0, 0.1) is 0 Å². The molecule has 1 saturated carbocycles. The van der Waals surface area contributed by atoms with Crippen molar-refractivity contribution in [2.45, 2.75) is 73.1 Å². The van der Waals surface area contributed by atoms with Crippen LogP contribution in [-0.2, 0) is 14.8 Å². The second-order valence-corrected chi connectivity index (χ2v) is 10.7. The van der Waals surface area contributed by atoms with Crippen molar-refractivity contribution in [3.63, 3.8) is 0 Å². The van der Waals surface area contributed by atoms with Gasteiger partial charge in [-0.25, -0.2) is 13.4 Å². The summed E-state index contributed by atoms with van der Waals surface area (Å²) in [5.74, 6) is 0.113. The second kappa shape index (κ2) is 8.92. The summed E-state index contributed by atoms with van der Waals surface area (Å²) in [5.41, 5.74) is 0. The predicted octanol–water partition coefficient (Wildman–Crippen LogP) is 3.14. The molecule has 0 aromatic carbocycles. The van der Waals surface area contributed by atoms with Gasteiger partial charge in [0.1, 0.15) is 4.90 Å². The molecule has 8 heteroatoms. The number of pyridine rings is 1. The van der Waals surface area contributed by atoms with Gasteiger partial charge in [0.2, 0.25) is 15.9 Å². The maximum absolute atomic E-state index is 12.7. The average molecular weight is 412 g/mol. The first-order valence-electron chi connectivity index (χ1n) is 9.79. The summed E-state index contributed by atoms with van der Waals surface area (Å²) in [6, 6.07) is 3.65. The first-order valence-corrected chi connectivity index (χ1v) is 12.1. The smallest absolute Gasteiger partial charge is 0.244 e. The highest BCUT2D eigenvalue weighted by Gasteiger charge is 2.28. The Morgan fingerprint density at radius 1 is 1.19 bits per heavy atom. The molecule has 1 amide bonds. The van der Waals surface area contributed by atoms with Gasteiger partial charge in [-0.3, -0.25) is 4.79 Å². The molecule has 1 aliphatic heterocycles. The molecule has 0 bridgehead atoms. The van der Waals surface area contributed by atoms with E-state index in [1.54, 1.807) is 12.1 Å². The van der Waals surface area contributed by atoms with Crippen LogP contribution < -0.4 is 0 Å². The predicted molar refractivity (Wildman–Crippen MR) is 107 cm³/mol. The fourth-order valence-corrected chi connectivity index (χ4v) is 6.19. The molecule has 2 aliphatic rings. The first kappa shape index (κ1) is 20.6. The molecule has 6 nitrogen and oxygen atoms in total. The minimum absolute atomic E-state index is 0.113. The number of carbonyl (C=O) groups is 1. The highest BCUT2D eigenvalue weighted by atomic mass is 32.2. The number of rotatable bonds is 6. The Kier molecular flexibility index (Phi) is 6.81. The van der Waals surface area contributed by atoms with Gasteiger partial charge >= 0.3 is 0 Å². The Bertz CT molecular complexity index is 740. The Balaban J connectivity index is 1.61. The summed E-state index contributed by atoms with van der Waals surface area (Å²) in [4.78, 5) is 19.1. The van der Waals surface area contributed by atoms with E-state index in [0.717, 1.165) is 25.7 Å². The van der Waals surface area contributed by atoms with Crippen LogP contribution in [0.2, 0.25) is 0 Å². The SMILES string of the molecule is C[C@H](Sc1ccc(S(=O)(=O)N2CCCC2)cn1)C(=O)N(C)C1CCCCC1. The zero-order valence-corrected chi connectivity index (χ0v) is 17.8. The Labute approximate surface area is 166 Å². The van der Waals surface area contributed by atoms with E-state index in [-0.39, 0.29) is 16.1 Å². The number of carbonyl (C=O) groups excluding carboxylic acids is 1. The third-order valence-corrected chi connectivity index (χ3v) is 8.45. The molecule has 0 spiro atoms. The molecule has 0 unspecified atom stereocenters. The second-order valence-electron chi connectivity index (χ2n) is 7.44. The van der Waals surface area contributed by atoms with Gasteiger partial charge in [0, 0.05) is 32.4 Å². The lowest BCUT2D eigenvalue weighted by Gasteiger charge is -2.32. The van der Waals surface area contributed by atoms with Crippen molar-refractivity contribution in [1.29, 1.82) is 0 Å². The van der Waals surface area contributed by atoms with Crippen LogP contribution in [0.3, 0.4) is 0 Å². The number of nitrogens with zero attached hydrogens (tertiary/aromatic N) is 3. The molecule has 1 atom stereocenters. The van der Waals surface area contributed by atoms with E-state index < -0.39 is 10.0 Å². The number of hydrogen-bond acceptors (Lipinski definition) is 5. The van der Waals surface area contributed by atoms with Gasteiger partial charge in [0.15, 0.2) is 0 Å². The van der Waals surface area contributed by atoms with Crippen LogP contribution in [0.15, 0.2) is 28.3 Å². The number of thioether (sulfide) groups is 1. The van der Waals surface area contributed by atoms with Crippen LogP contribution >= 0.6 is 11.8 Å². The molecule has 1 aliphatic carbocycles. The number of aromatic nitrogens is 1. The Morgan fingerprint density at radius 3 is 2.44 bits per heavy atom. The molecule has 3 rings (SSSR count). The minimum atomic E-state index is -3.44. The summed E-state index contributed by atoms with van der Waals surface area (Å²) < 4.78 is 26.6. The van der Waals surface area contributed by atoms with E-state index >= 15 is 0 Å². The van der Waals surface area contributed by atoms with Crippen LogP contribution in [0.25, 0.3) is 0 Å². The van der Waals surface area contributed by atoms with Gasteiger partial charge in [-0.15, -0.1) is 0 Å². The van der Waals surface area contributed by atoms with Crippen molar-refractivity contribution in [3.05, 3.63) is 18.3 Å². The van der Waals surface area contributed by atoms with Gasteiger partial charge in [-0.1, -0.05) is 31.0 Å². The molecule has 1 aromatic heterocycles. The number of hydrogen-bond donors (Lipinski definition) is 0. The standard InChI is InChI=1S/C19H29N3O3S2/c1-15(19(23)21(2)16-8-4-3-5-9-16)26-18-11-10-17(14-20-18)27(24,25)22-12-6-7-13-22/h10-11,14-16H,3-9,12-13H2,1-2H3/t15-/m0/s1. The molecular formula is C19H29N3O3S2. The van der Waals surface area contributed by atoms with Crippen molar-refractivity contribution in [1.82, 2.24) is 14.2 Å². The van der Waals surface area contributed by atoms with Crippen LogP contribution in [0.1, 0.15) is 51.9 Å². The quantitative estimate of drug-likeness (QED) is 0.673. The Morgan fingerprint density at radius 2 is 1.85 bits per heavy atom. The van der Waals surface area contributed by atoms with Gasteiger partial charge in [0.05, 0.1) is 10.3 Å². The largest absolute Gasteiger partial charge is 0.342 e. The topological polar surface area (TPSA) is 70.6 Å². The third kappa shape index (κ3) is 4.84. The highest BCUT2D eigenvalue weighted by molar-refractivity contribution is 8.00. The fourth-order valence-electron chi connectivity index (χ4n) is 3.83. The maximum Gasteiger partial charge on any atom is 0.244 e. The lowest BCUT2D eigenvalue weighted by Crippen LogP contribution is -2.42. The zero-order chi connectivity index (χ0) is 19.4. The molecule has 2 fully saturated rings. The molecule has 0 radical (unpaired) electrons. The number of amides is 1. The van der Waals surface area contributed by atoms with Crippen molar-refractivity contribution in [3.8, 4) is 0 Å². The molecule has 2 heterocycles. The van der Waals surface area contributed by atoms with Crippen LogP contribution in [0.5, 0.6) is 0 Å². The van der Waals surface area contributed by atoms with Crippen LogP contribution in [0.4, 0.5) is 0 Å². The van der Waals surface area contributed by atoms with Crippen LogP contribution in [-0.4, -0.2) is 59.9 Å². The minimum Gasteiger partial charge on any atom is -0.342 e. The van der Waals surface area contributed by atoms with Gasteiger partial charge in [-0.2, -0.15) is 4.31 Å². The summed E-state index contributed by atoms with van der Waals surface area (Å²) >= 11 is 1.38. The van der Waals surface area contributed by atoms with E-state index in [0.29, 0.717) is 24.2 Å². The monoisotopic (exact) mass is 411 g/mol. The average Bonchev–Trinajstić information content (AvgIpc) is 3.23. The summed E-state index contributed by atoms with van der Waals surface area (Å²) in [7, 11) is -1.54. The molecule has 27 heavy (non-hydrogen) atoms. The molecule has 150 valence electrons. The lowest BCUT2D eigenvalue weighted by molar-refractivity contribution is -0.131. The summed E-state index contributed by atoms with van der Waals surface area (Å²) in [6.45, 7) is 3.05. The normalized spacial score (nSPS) is 20.5. The maximum atomic E-state index is 12.7. The first-order chi connectivity index (χ1) is 12.9. The van der Waals surface area contributed by atoms with E-state index in [2.05, 4.69) is 4.98 Å². The number of sulfonamides is 1. The van der Waals surface area contributed by atoms with E-state index in [1.807, 2.05) is 18.9 Å². The van der Waals surface area contributed by atoms with Crippen molar-refractivity contribution in [2.75, 3.05) is 20.1 Å². The van der Waals surface area contributed by atoms with Crippen molar-refractivity contribution >= 4 is 27.7 Å². The molecule has 0 N–H and O–H groups in total. The zero-order valence-electron chi connectivity index (χ0n) is 16.1. The van der Waals surface area contributed by atoms with E-state index in [9.17, 15) is 13.2 Å². The van der Waals surface area contributed by atoms with E-state index in [1.165, 1.54) is 41.5 Å². The van der Waals surface area contributed by atoms with Gasteiger partial charge in [-0.05, 0) is 44.7 Å².